The van der Waals surface area contributed by atoms with E-state index in [0.717, 1.165) is 19.7 Å². The van der Waals surface area contributed by atoms with E-state index in [-0.39, 0.29) is 6.15 Å². The van der Waals surface area contributed by atoms with Crippen LogP contribution in [0.25, 0.3) is 0 Å². The van der Waals surface area contributed by atoms with Crippen LogP contribution >= 0.6 is 7.91 Å². The molecule has 22 heavy (non-hydrogen) atoms. The van der Waals surface area contributed by atoms with Crippen molar-refractivity contribution >= 4 is 7.91 Å². The summed E-state index contributed by atoms with van der Waals surface area (Å²) >= 11 is 0. The summed E-state index contributed by atoms with van der Waals surface area (Å²) in [6.45, 7) is 5.28. The minimum Gasteiger partial charge on any atom is -0.376 e. The fourth-order valence-electron chi connectivity index (χ4n) is 2.31. The van der Waals surface area contributed by atoms with Crippen LogP contribution in [0.15, 0.2) is 0 Å². The van der Waals surface area contributed by atoms with E-state index in [1.807, 2.05) is 0 Å². The van der Waals surface area contributed by atoms with E-state index >= 15 is 0 Å². The zero-order valence-electron chi connectivity index (χ0n) is 13.8. The number of morpholine rings is 1. The van der Waals surface area contributed by atoms with Crippen molar-refractivity contribution in [1.82, 2.24) is 11.5 Å². The highest BCUT2D eigenvalue weighted by Gasteiger charge is 2.11. The Kier molecular flexibility index (Phi) is 17.4. The smallest absolute Gasteiger partial charge is 0.376 e. The van der Waals surface area contributed by atoms with E-state index in [4.69, 9.17) is 19.1 Å². The van der Waals surface area contributed by atoms with Gasteiger partial charge in [0.1, 0.15) is 0 Å². The zero-order chi connectivity index (χ0) is 16.0. The molecule has 1 aliphatic heterocycles. The van der Waals surface area contributed by atoms with Gasteiger partial charge in [0.25, 0.3) is 0 Å². The summed E-state index contributed by atoms with van der Waals surface area (Å²) in [6.07, 6.45) is 13.0. The predicted octanol–water partition coefficient (Wildman–Crippen LogP) is 3.72. The molecule has 1 heterocycles. The van der Waals surface area contributed by atoms with Gasteiger partial charge in [-0.25, -0.2) is 4.57 Å². The van der Waals surface area contributed by atoms with Crippen LogP contribution in [0.3, 0.4) is 0 Å². The molecular formula is C14H34FN2O4P. The second kappa shape index (κ2) is 15.8. The molecule has 0 aromatic rings. The van der Waals surface area contributed by atoms with Crippen LogP contribution in [0.2, 0.25) is 0 Å². The number of ether oxygens (including phenoxy) is 1. The van der Waals surface area contributed by atoms with E-state index in [0.29, 0.717) is 6.10 Å². The van der Waals surface area contributed by atoms with Gasteiger partial charge in [-0.1, -0.05) is 58.3 Å². The van der Waals surface area contributed by atoms with Crippen molar-refractivity contribution in [1.29, 1.82) is 0 Å². The van der Waals surface area contributed by atoms with Gasteiger partial charge in [-0.2, -0.15) is 0 Å². The molecule has 0 aromatic heterocycles. The first-order valence-corrected chi connectivity index (χ1v) is 9.51. The third-order valence-corrected chi connectivity index (χ3v) is 3.38. The first-order chi connectivity index (χ1) is 9.93. The lowest BCUT2D eigenvalue weighted by Gasteiger charge is -2.23. The van der Waals surface area contributed by atoms with Crippen molar-refractivity contribution in [2.75, 3.05) is 19.7 Å². The van der Waals surface area contributed by atoms with E-state index in [2.05, 4.69) is 12.2 Å². The van der Waals surface area contributed by atoms with Gasteiger partial charge in [0.05, 0.1) is 12.7 Å². The van der Waals surface area contributed by atoms with E-state index in [1.165, 1.54) is 57.8 Å². The van der Waals surface area contributed by atoms with Crippen LogP contribution in [0.4, 0.5) is 4.20 Å². The van der Waals surface area contributed by atoms with Gasteiger partial charge in [-0.15, -0.1) is 4.20 Å². The van der Waals surface area contributed by atoms with Crippen LogP contribution in [-0.4, -0.2) is 35.6 Å². The predicted molar refractivity (Wildman–Crippen MR) is 88.0 cm³/mol. The summed E-state index contributed by atoms with van der Waals surface area (Å²) in [6, 6.07) is 0. The summed E-state index contributed by atoms with van der Waals surface area (Å²) in [4.78, 5) is 13.9. The Morgan fingerprint density at radius 1 is 1.14 bits per heavy atom. The standard InChI is InChI=1S/C14H29NO.FH2O3P.H3N/c1-2-3-4-5-6-7-8-9-10-14-13-15-11-12-16-14;1-5(2,3)4;/h14-15H,2-13H2,1H3;(H2,2,3,4);1H3. The molecule has 136 valence electrons. The lowest BCUT2D eigenvalue weighted by molar-refractivity contribution is 0.0220. The first kappa shape index (κ1) is 24.2. The highest BCUT2D eigenvalue weighted by molar-refractivity contribution is 7.45. The molecule has 1 rings (SSSR count). The van der Waals surface area contributed by atoms with Gasteiger partial charge in [-0.3, -0.25) is 9.79 Å². The van der Waals surface area contributed by atoms with Crippen molar-refractivity contribution in [3.63, 3.8) is 0 Å². The summed E-state index contributed by atoms with van der Waals surface area (Å²) in [5.41, 5.74) is 0. The minimum atomic E-state index is -5.14. The van der Waals surface area contributed by atoms with Crippen LogP contribution in [0.1, 0.15) is 64.7 Å². The topological polar surface area (TPSA) is 114 Å². The summed E-state index contributed by atoms with van der Waals surface area (Å²) in [7, 11) is -5.14. The summed E-state index contributed by atoms with van der Waals surface area (Å²) < 4.78 is 24.7. The third-order valence-electron chi connectivity index (χ3n) is 3.38. The molecule has 1 unspecified atom stereocenters. The molecule has 0 aromatic carbocycles. The van der Waals surface area contributed by atoms with Crippen LogP contribution in [-0.2, 0) is 9.30 Å². The maximum atomic E-state index is 10.4. The fourth-order valence-corrected chi connectivity index (χ4v) is 2.31. The van der Waals surface area contributed by atoms with Crippen molar-refractivity contribution in [2.24, 2.45) is 0 Å². The monoisotopic (exact) mass is 344 g/mol. The Labute approximate surface area is 134 Å². The average molecular weight is 344 g/mol. The molecule has 6 nitrogen and oxygen atoms in total. The normalized spacial score (nSPS) is 18.1. The first-order valence-electron chi connectivity index (χ1n) is 8.01. The molecule has 1 fully saturated rings. The molecule has 1 atom stereocenters. The lowest BCUT2D eigenvalue weighted by atomic mass is 10.1. The van der Waals surface area contributed by atoms with Gasteiger partial charge >= 0.3 is 7.91 Å². The van der Waals surface area contributed by atoms with Crippen molar-refractivity contribution < 1.29 is 23.3 Å². The minimum absolute atomic E-state index is 0. The maximum Gasteiger partial charge on any atom is 0.507 e. The average Bonchev–Trinajstić information content (AvgIpc) is 2.41. The highest BCUT2D eigenvalue weighted by atomic mass is 31.2. The van der Waals surface area contributed by atoms with Gasteiger partial charge in [0, 0.05) is 13.1 Å². The van der Waals surface area contributed by atoms with E-state index < -0.39 is 7.91 Å². The number of rotatable bonds is 9. The van der Waals surface area contributed by atoms with Gasteiger partial charge in [0.2, 0.25) is 0 Å². The second-order valence-electron chi connectivity index (χ2n) is 5.43. The van der Waals surface area contributed by atoms with E-state index in [9.17, 15) is 4.20 Å². The fraction of sp³-hybridized carbons (Fsp3) is 1.00. The number of unbranched alkanes of at least 4 members (excludes halogenated alkanes) is 7. The molecule has 8 heteroatoms. The number of hydrogen-bond acceptors (Lipinski definition) is 4. The van der Waals surface area contributed by atoms with E-state index in [1.54, 1.807) is 0 Å². The largest absolute Gasteiger partial charge is 0.507 e. The molecule has 6 N–H and O–H groups in total. The maximum absolute atomic E-state index is 10.4. The second-order valence-corrected chi connectivity index (χ2v) is 6.38. The Morgan fingerprint density at radius 3 is 2.09 bits per heavy atom. The molecule has 0 amide bonds. The molecule has 0 bridgehead atoms. The van der Waals surface area contributed by atoms with Gasteiger partial charge in [-0.05, 0) is 6.42 Å². The summed E-state index contributed by atoms with van der Waals surface area (Å²) in [5.74, 6) is 0. The van der Waals surface area contributed by atoms with Crippen molar-refractivity contribution in [3.8, 4) is 0 Å². The molecule has 0 saturated carbocycles. The molecule has 0 spiro atoms. The van der Waals surface area contributed by atoms with Crippen molar-refractivity contribution in [2.45, 2.75) is 70.8 Å². The quantitative estimate of drug-likeness (QED) is 0.374. The van der Waals surface area contributed by atoms with Gasteiger partial charge < -0.3 is 16.2 Å². The van der Waals surface area contributed by atoms with Crippen LogP contribution in [0, 0.1) is 0 Å². The molecular weight excluding hydrogens is 310 g/mol. The Hall–Kier alpha value is -0.0400. The number of hydrogen-bond donors (Lipinski definition) is 4. The molecule has 0 radical (unpaired) electrons. The molecule has 1 aliphatic rings. The third kappa shape index (κ3) is 22.2. The summed E-state index contributed by atoms with van der Waals surface area (Å²) in [5, 5.41) is 3.39. The SMILES string of the molecule is CCCCCCCCCCC1CNCCO1.N.O=P(O)(O)F. The molecule has 1 saturated heterocycles. The zero-order valence-corrected chi connectivity index (χ0v) is 14.7. The molecule has 0 aliphatic carbocycles. The van der Waals surface area contributed by atoms with Gasteiger partial charge in [0.15, 0.2) is 0 Å². The Bertz CT molecular complexity index is 265. The van der Waals surface area contributed by atoms with Crippen LogP contribution < -0.4 is 11.5 Å². The highest BCUT2D eigenvalue weighted by Crippen LogP contribution is 2.35. The Morgan fingerprint density at radius 2 is 1.64 bits per heavy atom. The van der Waals surface area contributed by atoms with Crippen LogP contribution in [0.5, 0.6) is 0 Å². The number of halogens is 1. The van der Waals surface area contributed by atoms with Crippen molar-refractivity contribution in [3.05, 3.63) is 0 Å². The lowest BCUT2D eigenvalue weighted by Crippen LogP contribution is -2.38. The number of nitrogens with one attached hydrogen (secondary N) is 1. The Balaban J connectivity index is 0.